The molecule has 1 rings (SSSR count). The average Bonchev–Trinajstić information content (AvgIpc) is 2.31. The van der Waals surface area contributed by atoms with E-state index < -0.39 is 18.1 Å². The van der Waals surface area contributed by atoms with Crippen molar-refractivity contribution >= 4 is 12.4 Å². The topological polar surface area (TPSA) is 38.0 Å². The molecule has 12 heavy (non-hydrogen) atoms. The Hall–Kier alpha value is -0.0000000000000000555. The van der Waals surface area contributed by atoms with Gasteiger partial charge in [0.25, 0.3) is 0 Å². The van der Waals surface area contributed by atoms with Crippen LogP contribution in [-0.4, -0.2) is 12.2 Å². The highest BCUT2D eigenvalue weighted by atomic mass is 35.5. The average molecular weight is 205 g/mol. The zero-order valence-electron chi connectivity index (χ0n) is 6.40. The van der Waals surface area contributed by atoms with Gasteiger partial charge >= 0.3 is 6.18 Å². The van der Waals surface area contributed by atoms with E-state index in [1.54, 1.807) is 0 Å². The molecule has 0 aliphatic heterocycles. The van der Waals surface area contributed by atoms with Gasteiger partial charge in [0, 0.05) is 6.04 Å². The van der Waals surface area contributed by atoms with Crippen molar-refractivity contribution in [3.8, 4) is 0 Å². The normalized spacial score (nSPS) is 30.0. The van der Waals surface area contributed by atoms with Crippen molar-refractivity contribution in [2.45, 2.75) is 31.5 Å². The quantitative estimate of drug-likeness (QED) is 0.503. The Morgan fingerprint density at radius 3 is 2.17 bits per heavy atom. The fraction of sp³-hybridized carbons (Fsp3) is 1.00. The molecule has 3 N–H and O–H groups in total. The molecule has 74 valence electrons. The third-order valence-electron chi connectivity index (χ3n) is 2.15. The van der Waals surface area contributed by atoms with Crippen molar-refractivity contribution in [3.63, 3.8) is 0 Å². The maximum absolute atomic E-state index is 12.1. The second-order valence-corrected chi connectivity index (χ2v) is 2.85. The van der Waals surface area contributed by atoms with Crippen LogP contribution >= 0.6 is 12.4 Å². The van der Waals surface area contributed by atoms with Gasteiger partial charge in [0.1, 0.15) is 0 Å². The zero-order valence-corrected chi connectivity index (χ0v) is 7.21. The minimum Gasteiger partial charge on any atom is -0.271 e. The molecule has 6 heteroatoms. The molecule has 1 aliphatic rings. The molecule has 0 saturated heterocycles. The van der Waals surface area contributed by atoms with Gasteiger partial charge in [-0.25, -0.2) is 0 Å². The van der Waals surface area contributed by atoms with Crippen LogP contribution in [0.5, 0.6) is 0 Å². The van der Waals surface area contributed by atoms with Gasteiger partial charge in [-0.15, -0.1) is 12.4 Å². The van der Waals surface area contributed by atoms with Gasteiger partial charge in [0.05, 0.1) is 5.92 Å². The first kappa shape index (κ1) is 12.0. The van der Waals surface area contributed by atoms with Crippen LogP contribution in [0.25, 0.3) is 0 Å². The number of hydrogen-bond acceptors (Lipinski definition) is 2. The van der Waals surface area contributed by atoms with E-state index in [0.717, 1.165) is 0 Å². The molecular weight excluding hydrogens is 193 g/mol. The van der Waals surface area contributed by atoms with Crippen molar-refractivity contribution in [2.24, 2.45) is 11.8 Å². The zero-order chi connectivity index (χ0) is 8.48. The van der Waals surface area contributed by atoms with Crippen LogP contribution in [0.15, 0.2) is 0 Å². The van der Waals surface area contributed by atoms with Crippen LogP contribution in [0.1, 0.15) is 19.3 Å². The van der Waals surface area contributed by atoms with E-state index in [1.807, 2.05) is 0 Å². The second kappa shape index (κ2) is 4.30. The fourth-order valence-electron chi connectivity index (χ4n) is 1.55. The third-order valence-corrected chi connectivity index (χ3v) is 2.15. The van der Waals surface area contributed by atoms with Gasteiger partial charge in [-0.3, -0.25) is 11.3 Å². The van der Waals surface area contributed by atoms with Crippen LogP contribution in [-0.2, 0) is 0 Å². The summed E-state index contributed by atoms with van der Waals surface area (Å²) in [7, 11) is 0. The molecule has 2 unspecified atom stereocenters. The van der Waals surface area contributed by atoms with Crippen molar-refractivity contribution in [3.05, 3.63) is 0 Å². The molecule has 1 fully saturated rings. The second-order valence-electron chi connectivity index (χ2n) is 2.85. The van der Waals surface area contributed by atoms with Gasteiger partial charge in [0.2, 0.25) is 0 Å². The number of alkyl halides is 3. The number of rotatable bonds is 1. The summed E-state index contributed by atoms with van der Waals surface area (Å²) in [5.74, 6) is 3.73. The lowest BCUT2D eigenvalue weighted by Crippen LogP contribution is -2.43. The third kappa shape index (κ3) is 2.50. The van der Waals surface area contributed by atoms with Crippen LogP contribution in [0.2, 0.25) is 0 Å². The van der Waals surface area contributed by atoms with E-state index in [0.29, 0.717) is 12.8 Å². The Labute approximate surface area is 75.1 Å². The number of nitrogens with two attached hydrogens (primary N) is 1. The molecule has 1 saturated carbocycles. The minimum absolute atomic E-state index is 0. The molecule has 0 radical (unpaired) electrons. The standard InChI is InChI=1S/C6H11F3N2.ClH/c7-6(8,9)4-2-1-3-5(4)11-10;/h4-5,11H,1-3,10H2;1H. The van der Waals surface area contributed by atoms with Crippen molar-refractivity contribution in [1.82, 2.24) is 5.43 Å². The van der Waals surface area contributed by atoms with Gasteiger partial charge in [-0.05, 0) is 12.8 Å². The Morgan fingerprint density at radius 2 is 1.83 bits per heavy atom. The summed E-state index contributed by atoms with van der Waals surface area (Å²) in [5.41, 5.74) is 2.20. The van der Waals surface area contributed by atoms with Gasteiger partial charge in [-0.1, -0.05) is 6.42 Å². The number of hydrogen-bond donors (Lipinski definition) is 2. The highest BCUT2D eigenvalue weighted by molar-refractivity contribution is 5.85. The van der Waals surface area contributed by atoms with Gasteiger partial charge < -0.3 is 0 Å². The van der Waals surface area contributed by atoms with E-state index in [1.165, 1.54) is 0 Å². The summed E-state index contributed by atoms with van der Waals surface area (Å²) in [6.07, 6.45) is -2.74. The molecule has 0 aromatic carbocycles. The van der Waals surface area contributed by atoms with E-state index in [4.69, 9.17) is 5.84 Å². The molecular formula is C6H12ClF3N2. The SMILES string of the molecule is Cl.NNC1CCCC1C(F)(F)F. The lowest BCUT2D eigenvalue weighted by molar-refractivity contribution is -0.177. The number of halogens is 4. The number of nitrogens with one attached hydrogen (secondary N) is 1. The van der Waals surface area contributed by atoms with E-state index in [2.05, 4.69) is 5.43 Å². The lowest BCUT2D eigenvalue weighted by Gasteiger charge is -2.20. The Bertz CT molecular complexity index is 139. The Morgan fingerprint density at radius 1 is 1.25 bits per heavy atom. The highest BCUT2D eigenvalue weighted by Gasteiger charge is 2.46. The summed E-state index contributed by atoms with van der Waals surface area (Å²) in [6, 6.07) is -0.574. The molecule has 1 aliphatic carbocycles. The maximum Gasteiger partial charge on any atom is 0.393 e. The smallest absolute Gasteiger partial charge is 0.271 e. The predicted molar refractivity (Wildman–Crippen MR) is 41.8 cm³/mol. The highest BCUT2D eigenvalue weighted by Crippen LogP contribution is 2.38. The van der Waals surface area contributed by atoms with E-state index in [-0.39, 0.29) is 18.8 Å². The molecule has 0 amide bonds. The first-order valence-electron chi connectivity index (χ1n) is 3.58. The molecule has 0 spiro atoms. The van der Waals surface area contributed by atoms with Crippen LogP contribution < -0.4 is 11.3 Å². The van der Waals surface area contributed by atoms with E-state index >= 15 is 0 Å². The first-order valence-corrected chi connectivity index (χ1v) is 3.58. The van der Waals surface area contributed by atoms with Gasteiger partial charge in [-0.2, -0.15) is 13.2 Å². The monoisotopic (exact) mass is 204 g/mol. The fourth-order valence-corrected chi connectivity index (χ4v) is 1.55. The molecule has 2 atom stereocenters. The summed E-state index contributed by atoms with van der Waals surface area (Å²) in [5, 5.41) is 0. The van der Waals surface area contributed by atoms with E-state index in [9.17, 15) is 13.2 Å². The summed E-state index contributed by atoms with van der Waals surface area (Å²) in [4.78, 5) is 0. The minimum atomic E-state index is -4.09. The number of hydrazine groups is 1. The first-order chi connectivity index (χ1) is 5.05. The molecule has 0 bridgehead atoms. The van der Waals surface area contributed by atoms with Crippen LogP contribution in [0.4, 0.5) is 13.2 Å². The molecule has 0 aromatic heterocycles. The van der Waals surface area contributed by atoms with Crippen LogP contribution in [0, 0.1) is 5.92 Å². The predicted octanol–water partition coefficient (Wildman–Crippen LogP) is 1.60. The largest absolute Gasteiger partial charge is 0.393 e. The van der Waals surface area contributed by atoms with Gasteiger partial charge in [0.15, 0.2) is 0 Å². The van der Waals surface area contributed by atoms with Crippen LogP contribution in [0.3, 0.4) is 0 Å². The molecule has 0 aromatic rings. The molecule has 0 heterocycles. The summed E-state index contributed by atoms with van der Waals surface area (Å²) < 4.78 is 36.3. The summed E-state index contributed by atoms with van der Waals surface area (Å²) >= 11 is 0. The van der Waals surface area contributed by atoms with Crippen molar-refractivity contribution in [2.75, 3.05) is 0 Å². The molecule has 2 nitrogen and oxygen atoms in total. The Kier molecular flexibility index (Phi) is 4.30. The maximum atomic E-state index is 12.1. The lowest BCUT2D eigenvalue weighted by atomic mass is 10.0. The van der Waals surface area contributed by atoms with Crippen molar-refractivity contribution < 1.29 is 13.2 Å². The summed E-state index contributed by atoms with van der Waals surface area (Å²) in [6.45, 7) is 0. The Balaban J connectivity index is 0.00000121. The van der Waals surface area contributed by atoms with Crippen molar-refractivity contribution in [1.29, 1.82) is 0 Å².